The van der Waals surface area contributed by atoms with Gasteiger partial charge in [0.1, 0.15) is 0 Å². The van der Waals surface area contributed by atoms with Crippen LogP contribution in [0, 0.1) is 11.8 Å². The van der Waals surface area contributed by atoms with E-state index in [1.807, 2.05) is 0 Å². The molecule has 0 radical (unpaired) electrons. The Balaban J connectivity index is 1.72. The molecule has 0 aromatic heterocycles. The number of piperidine rings is 1. The highest BCUT2D eigenvalue weighted by molar-refractivity contribution is 5.01. The summed E-state index contributed by atoms with van der Waals surface area (Å²) in [5, 5.41) is 3.46. The van der Waals surface area contributed by atoms with E-state index in [9.17, 15) is 0 Å². The van der Waals surface area contributed by atoms with E-state index in [0.717, 1.165) is 24.9 Å². The second-order valence-electron chi connectivity index (χ2n) is 6.61. The SMILES string of the molecule is C=C(CNC(C)C)CN1CCC2CCCCC2C1. The van der Waals surface area contributed by atoms with Crippen LogP contribution in [-0.4, -0.2) is 37.1 Å². The Kier molecular flexibility index (Phi) is 5.25. The van der Waals surface area contributed by atoms with Crippen molar-refractivity contribution in [2.24, 2.45) is 11.8 Å². The number of nitrogens with one attached hydrogen (secondary N) is 1. The first-order valence-corrected chi connectivity index (χ1v) is 7.77. The second-order valence-corrected chi connectivity index (χ2v) is 6.61. The van der Waals surface area contributed by atoms with E-state index in [0.29, 0.717) is 6.04 Å². The molecule has 2 unspecified atom stereocenters. The molecule has 0 spiro atoms. The molecule has 1 heterocycles. The molecule has 2 heteroatoms. The lowest BCUT2D eigenvalue weighted by atomic mass is 9.75. The minimum Gasteiger partial charge on any atom is -0.311 e. The van der Waals surface area contributed by atoms with Crippen LogP contribution in [0.15, 0.2) is 12.2 Å². The number of hydrogen-bond donors (Lipinski definition) is 1. The van der Waals surface area contributed by atoms with Gasteiger partial charge in [-0.2, -0.15) is 0 Å². The number of likely N-dealkylation sites (tertiary alicyclic amines) is 1. The lowest BCUT2D eigenvalue weighted by molar-refractivity contribution is 0.0931. The van der Waals surface area contributed by atoms with E-state index >= 15 is 0 Å². The minimum atomic E-state index is 0.561. The molecule has 0 bridgehead atoms. The zero-order chi connectivity index (χ0) is 13.0. The Labute approximate surface area is 113 Å². The maximum Gasteiger partial charge on any atom is 0.0202 e. The predicted molar refractivity (Wildman–Crippen MR) is 78.8 cm³/mol. The molecule has 0 aromatic rings. The van der Waals surface area contributed by atoms with Gasteiger partial charge in [0.15, 0.2) is 0 Å². The normalized spacial score (nSPS) is 29.3. The van der Waals surface area contributed by atoms with Crippen LogP contribution >= 0.6 is 0 Å². The lowest BCUT2D eigenvalue weighted by Gasteiger charge is -2.41. The second kappa shape index (κ2) is 6.72. The van der Waals surface area contributed by atoms with Crippen LogP contribution in [0.1, 0.15) is 46.0 Å². The van der Waals surface area contributed by atoms with Crippen molar-refractivity contribution in [2.45, 2.75) is 52.0 Å². The molecule has 1 saturated heterocycles. The van der Waals surface area contributed by atoms with E-state index in [1.54, 1.807) is 0 Å². The van der Waals surface area contributed by atoms with Gasteiger partial charge in [-0.15, -0.1) is 0 Å². The van der Waals surface area contributed by atoms with Crippen LogP contribution in [-0.2, 0) is 0 Å². The molecule has 2 rings (SSSR count). The Hall–Kier alpha value is -0.340. The third-order valence-corrected chi connectivity index (χ3v) is 4.58. The van der Waals surface area contributed by atoms with Crippen LogP contribution < -0.4 is 5.32 Å². The highest BCUT2D eigenvalue weighted by Gasteiger charge is 2.30. The molecule has 1 saturated carbocycles. The molecular weight excluding hydrogens is 220 g/mol. The van der Waals surface area contributed by atoms with E-state index in [2.05, 4.69) is 30.6 Å². The van der Waals surface area contributed by atoms with Crippen LogP contribution in [0.3, 0.4) is 0 Å². The van der Waals surface area contributed by atoms with Crippen LogP contribution in [0.5, 0.6) is 0 Å². The average Bonchev–Trinajstić information content (AvgIpc) is 2.36. The quantitative estimate of drug-likeness (QED) is 0.755. The van der Waals surface area contributed by atoms with Crippen molar-refractivity contribution in [3.63, 3.8) is 0 Å². The topological polar surface area (TPSA) is 15.3 Å². The summed E-state index contributed by atoms with van der Waals surface area (Å²) in [5.41, 5.74) is 1.35. The summed E-state index contributed by atoms with van der Waals surface area (Å²) < 4.78 is 0. The van der Waals surface area contributed by atoms with Crippen molar-refractivity contribution >= 4 is 0 Å². The summed E-state index contributed by atoms with van der Waals surface area (Å²) >= 11 is 0. The van der Waals surface area contributed by atoms with Crippen LogP contribution in [0.2, 0.25) is 0 Å². The van der Waals surface area contributed by atoms with Crippen molar-refractivity contribution in [1.82, 2.24) is 10.2 Å². The molecular formula is C16H30N2. The first kappa shape index (κ1) is 14.1. The van der Waals surface area contributed by atoms with Crippen LogP contribution in [0.4, 0.5) is 0 Å². The smallest absolute Gasteiger partial charge is 0.0202 e. The summed E-state index contributed by atoms with van der Waals surface area (Å²) in [5.74, 6) is 2.02. The van der Waals surface area contributed by atoms with Gasteiger partial charge in [0.2, 0.25) is 0 Å². The highest BCUT2D eigenvalue weighted by Crippen LogP contribution is 2.36. The molecule has 1 aliphatic carbocycles. The fourth-order valence-corrected chi connectivity index (χ4v) is 3.54. The van der Waals surface area contributed by atoms with Gasteiger partial charge in [-0.1, -0.05) is 39.7 Å². The first-order valence-electron chi connectivity index (χ1n) is 7.77. The molecule has 2 fully saturated rings. The van der Waals surface area contributed by atoms with Gasteiger partial charge in [-0.3, -0.25) is 4.90 Å². The molecule has 0 aromatic carbocycles. The lowest BCUT2D eigenvalue weighted by Crippen LogP contribution is -2.43. The Bertz CT molecular complexity index is 272. The Morgan fingerprint density at radius 1 is 1.22 bits per heavy atom. The van der Waals surface area contributed by atoms with Gasteiger partial charge in [-0.05, 0) is 36.8 Å². The molecule has 104 valence electrons. The molecule has 2 aliphatic rings. The van der Waals surface area contributed by atoms with Crippen molar-refractivity contribution < 1.29 is 0 Å². The number of hydrogen-bond acceptors (Lipinski definition) is 2. The Morgan fingerprint density at radius 2 is 1.94 bits per heavy atom. The van der Waals surface area contributed by atoms with Gasteiger partial charge in [0.05, 0.1) is 0 Å². The molecule has 1 aliphatic heterocycles. The maximum atomic E-state index is 4.22. The van der Waals surface area contributed by atoms with E-state index < -0.39 is 0 Å². The van der Waals surface area contributed by atoms with Crippen molar-refractivity contribution in [1.29, 1.82) is 0 Å². The molecule has 2 nitrogen and oxygen atoms in total. The number of fused-ring (bicyclic) bond motifs is 1. The van der Waals surface area contributed by atoms with Crippen molar-refractivity contribution in [2.75, 3.05) is 26.2 Å². The Morgan fingerprint density at radius 3 is 2.67 bits per heavy atom. The van der Waals surface area contributed by atoms with Crippen molar-refractivity contribution in [3.05, 3.63) is 12.2 Å². The maximum absolute atomic E-state index is 4.22. The zero-order valence-electron chi connectivity index (χ0n) is 12.3. The van der Waals surface area contributed by atoms with E-state index in [1.165, 1.54) is 50.8 Å². The average molecular weight is 250 g/mol. The first-order chi connectivity index (χ1) is 8.65. The highest BCUT2D eigenvalue weighted by atomic mass is 15.1. The number of nitrogens with zero attached hydrogens (tertiary/aromatic N) is 1. The zero-order valence-corrected chi connectivity index (χ0v) is 12.3. The van der Waals surface area contributed by atoms with Gasteiger partial charge in [-0.25, -0.2) is 0 Å². The molecule has 18 heavy (non-hydrogen) atoms. The fraction of sp³-hybridized carbons (Fsp3) is 0.875. The largest absolute Gasteiger partial charge is 0.311 e. The monoisotopic (exact) mass is 250 g/mol. The summed E-state index contributed by atoms with van der Waals surface area (Å²) in [6.45, 7) is 13.3. The van der Waals surface area contributed by atoms with Crippen molar-refractivity contribution in [3.8, 4) is 0 Å². The molecule has 0 amide bonds. The summed E-state index contributed by atoms with van der Waals surface area (Å²) in [6, 6.07) is 0.561. The predicted octanol–water partition coefficient (Wildman–Crippen LogP) is 3.05. The molecule has 2 atom stereocenters. The summed E-state index contributed by atoms with van der Waals surface area (Å²) in [6.07, 6.45) is 7.33. The van der Waals surface area contributed by atoms with E-state index in [-0.39, 0.29) is 0 Å². The summed E-state index contributed by atoms with van der Waals surface area (Å²) in [4.78, 5) is 2.64. The van der Waals surface area contributed by atoms with Gasteiger partial charge < -0.3 is 5.32 Å². The van der Waals surface area contributed by atoms with Gasteiger partial charge in [0, 0.05) is 25.7 Å². The fourth-order valence-electron chi connectivity index (χ4n) is 3.54. The number of rotatable bonds is 5. The summed E-state index contributed by atoms with van der Waals surface area (Å²) in [7, 11) is 0. The van der Waals surface area contributed by atoms with E-state index in [4.69, 9.17) is 0 Å². The third-order valence-electron chi connectivity index (χ3n) is 4.58. The van der Waals surface area contributed by atoms with Gasteiger partial charge in [0.25, 0.3) is 0 Å². The molecule has 1 N–H and O–H groups in total. The van der Waals surface area contributed by atoms with Crippen LogP contribution in [0.25, 0.3) is 0 Å². The van der Waals surface area contributed by atoms with Gasteiger partial charge >= 0.3 is 0 Å². The third kappa shape index (κ3) is 4.10. The standard InChI is InChI=1S/C16H30N2/c1-13(2)17-10-14(3)11-18-9-8-15-6-4-5-7-16(15)12-18/h13,15-17H,3-12H2,1-2H3. The minimum absolute atomic E-state index is 0.561.